The predicted octanol–water partition coefficient (Wildman–Crippen LogP) is 3.59. The molecule has 0 unspecified atom stereocenters. The van der Waals surface area contributed by atoms with Crippen LogP contribution in [0.4, 0.5) is 5.69 Å². The number of halogens is 1. The number of nitro benzene ring substituents is 1. The molecule has 0 N–H and O–H groups in total. The SMILES string of the molecule is O=C(c1ccccc1)c1c(Br)cccc1[N+](=O)[O-]. The molecule has 0 spiro atoms. The van der Waals surface area contributed by atoms with E-state index in [1.54, 1.807) is 36.4 Å². The summed E-state index contributed by atoms with van der Waals surface area (Å²) < 4.78 is 0.422. The van der Waals surface area contributed by atoms with Gasteiger partial charge in [0.25, 0.3) is 5.69 Å². The highest BCUT2D eigenvalue weighted by atomic mass is 79.9. The second-order valence-corrected chi connectivity index (χ2v) is 4.44. The van der Waals surface area contributed by atoms with Crippen molar-refractivity contribution in [2.75, 3.05) is 0 Å². The van der Waals surface area contributed by atoms with Crippen molar-refractivity contribution in [3.63, 3.8) is 0 Å². The molecule has 2 aromatic carbocycles. The number of carbonyl (C=O) groups is 1. The third kappa shape index (κ3) is 2.31. The number of nitrogens with zero attached hydrogens (tertiary/aromatic N) is 1. The Morgan fingerprint density at radius 2 is 1.72 bits per heavy atom. The largest absolute Gasteiger partial charge is 0.288 e. The molecule has 0 fully saturated rings. The zero-order chi connectivity index (χ0) is 13.1. The normalized spacial score (nSPS) is 10.1. The number of carbonyl (C=O) groups excluding carboxylic acids is 1. The van der Waals surface area contributed by atoms with Crippen molar-refractivity contribution in [3.8, 4) is 0 Å². The Morgan fingerprint density at radius 1 is 1.06 bits per heavy atom. The highest BCUT2D eigenvalue weighted by molar-refractivity contribution is 9.10. The van der Waals surface area contributed by atoms with Crippen LogP contribution in [0.2, 0.25) is 0 Å². The van der Waals surface area contributed by atoms with Crippen molar-refractivity contribution in [2.45, 2.75) is 0 Å². The Hall–Kier alpha value is -2.01. The average Bonchev–Trinajstić information content (AvgIpc) is 2.38. The van der Waals surface area contributed by atoms with Gasteiger partial charge < -0.3 is 0 Å². The average molecular weight is 306 g/mol. The molecule has 0 atom stereocenters. The van der Waals surface area contributed by atoms with Gasteiger partial charge in [0.15, 0.2) is 0 Å². The molecule has 0 aliphatic rings. The van der Waals surface area contributed by atoms with E-state index in [0.717, 1.165) is 0 Å². The molecular formula is C13H8BrNO3. The number of hydrogen-bond acceptors (Lipinski definition) is 3. The van der Waals surface area contributed by atoms with Gasteiger partial charge in [-0.1, -0.05) is 36.4 Å². The zero-order valence-electron chi connectivity index (χ0n) is 9.17. The summed E-state index contributed by atoms with van der Waals surface area (Å²) in [7, 11) is 0. The van der Waals surface area contributed by atoms with Crippen LogP contribution in [0.1, 0.15) is 15.9 Å². The van der Waals surface area contributed by atoms with E-state index in [1.807, 2.05) is 0 Å². The lowest BCUT2D eigenvalue weighted by atomic mass is 10.0. The first-order chi connectivity index (χ1) is 8.61. The molecule has 18 heavy (non-hydrogen) atoms. The van der Waals surface area contributed by atoms with Crippen LogP contribution in [-0.4, -0.2) is 10.7 Å². The lowest BCUT2D eigenvalue weighted by Gasteiger charge is -2.04. The van der Waals surface area contributed by atoms with Crippen molar-refractivity contribution < 1.29 is 9.72 Å². The van der Waals surface area contributed by atoms with Gasteiger partial charge in [0.05, 0.1) is 4.92 Å². The first-order valence-electron chi connectivity index (χ1n) is 5.14. The summed E-state index contributed by atoms with van der Waals surface area (Å²) in [4.78, 5) is 22.6. The minimum Gasteiger partial charge on any atom is -0.288 e. The van der Waals surface area contributed by atoms with E-state index >= 15 is 0 Å². The molecule has 0 aliphatic carbocycles. The van der Waals surface area contributed by atoms with E-state index in [4.69, 9.17) is 0 Å². The Balaban J connectivity index is 2.58. The highest BCUT2D eigenvalue weighted by Gasteiger charge is 2.23. The number of ketones is 1. The van der Waals surface area contributed by atoms with Crippen LogP contribution in [-0.2, 0) is 0 Å². The summed E-state index contributed by atoms with van der Waals surface area (Å²) in [5.41, 5.74) is 0.305. The molecule has 0 radical (unpaired) electrons. The van der Waals surface area contributed by atoms with E-state index in [2.05, 4.69) is 15.9 Å². The molecule has 0 amide bonds. The lowest BCUT2D eigenvalue weighted by Crippen LogP contribution is -2.06. The molecule has 2 aromatic rings. The van der Waals surface area contributed by atoms with E-state index in [-0.39, 0.29) is 17.0 Å². The maximum Gasteiger partial charge on any atom is 0.281 e. The van der Waals surface area contributed by atoms with E-state index < -0.39 is 4.92 Å². The summed E-state index contributed by atoms with van der Waals surface area (Å²) in [5, 5.41) is 10.9. The van der Waals surface area contributed by atoms with Gasteiger partial charge in [-0.25, -0.2) is 0 Å². The predicted molar refractivity (Wildman–Crippen MR) is 70.7 cm³/mol. The van der Waals surface area contributed by atoms with Crippen LogP contribution in [0.5, 0.6) is 0 Å². The van der Waals surface area contributed by atoms with Crippen LogP contribution >= 0.6 is 15.9 Å². The van der Waals surface area contributed by atoms with Crippen molar-refractivity contribution in [1.29, 1.82) is 0 Å². The third-order valence-electron chi connectivity index (χ3n) is 2.45. The topological polar surface area (TPSA) is 60.2 Å². The first kappa shape index (κ1) is 12.4. The summed E-state index contributed by atoms with van der Waals surface area (Å²) >= 11 is 3.19. The van der Waals surface area contributed by atoms with Gasteiger partial charge in [0.1, 0.15) is 5.56 Å². The van der Waals surface area contributed by atoms with Crippen molar-refractivity contribution in [3.05, 3.63) is 74.2 Å². The Labute approximate surface area is 112 Å². The maximum absolute atomic E-state index is 12.3. The van der Waals surface area contributed by atoms with Gasteiger partial charge in [-0.05, 0) is 22.0 Å². The second kappa shape index (κ2) is 5.10. The van der Waals surface area contributed by atoms with Gasteiger partial charge in [-0.2, -0.15) is 0 Å². The minimum atomic E-state index is -0.555. The van der Waals surface area contributed by atoms with Gasteiger partial charge in [-0.3, -0.25) is 14.9 Å². The molecular weight excluding hydrogens is 298 g/mol. The fraction of sp³-hybridized carbons (Fsp3) is 0. The first-order valence-corrected chi connectivity index (χ1v) is 5.93. The number of benzene rings is 2. The van der Waals surface area contributed by atoms with E-state index in [1.165, 1.54) is 12.1 Å². The van der Waals surface area contributed by atoms with Gasteiger partial charge in [0.2, 0.25) is 5.78 Å². The Bertz CT molecular complexity index is 611. The fourth-order valence-electron chi connectivity index (χ4n) is 1.62. The third-order valence-corrected chi connectivity index (χ3v) is 3.11. The molecule has 0 aromatic heterocycles. The molecule has 0 saturated heterocycles. The Kier molecular flexibility index (Phi) is 3.53. The van der Waals surface area contributed by atoms with E-state index in [9.17, 15) is 14.9 Å². The molecule has 4 nitrogen and oxygen atoms in total. The van der Waals surface area contributed by atoms with E-state index in [0.29, 0.717) is 10.0 Å². The molecule has 90 valence electrons. The van der Waals surface area contributed by atoms with Crippen molar-refractivity contribution in [2.24, 2.45) is 0 Å². The lowest BCUT2D eigenvalue weighted by molar-refractivity contribution is -0.385. The smallest absolute Gasteiger partial charge is 0.281 e. The van der Waals surface area contributed by atoms with Crippen molar-refractivity contribution in [1.82, 2.24) is 0 Å². The molecule has 0 heterocycles. The van der Waals surface area contributed by atoms with Gasteiger partial charge >= 0.3 is 0 Å². The van der Waals surface area contributed by atoms with Crippen LogP contribution in [0.3, 0.4) is 0 Å². The van der Waals surface area contributed by atoms with Crippen LogP contribution in [0.15, 0.2) is 53.0 Å². The summed E-state index contributed by atoms with van der Waals surface area (Å²) in [5.74, 6) is -0.366. The Morgan fingerprint density at radius 3 is 2.33 bits per heavy atom. The fourth-order valence-corrected chi connectivity index (χ4v) is 2.16. The minimum absolute atomic E-state index is 0.0775. The molecule has 0 bridgehead atoms. The molecule has 2 rings (SSSR count). The maximum atomic E-state index is 12.3. The highest BCUT2D eigenvalue weighted by Crippen LogP contribution is 2.28. The van der Waals surface area contributed by atoms with Crippen LogP contribution in [0, 0.1) is 10.1 Å². The molecule has 0 aliphatic heterocycles. The molecule has 5 heteroatoms. The van der Waals surface area contributed by atoms with Gasteiger partial charge in [-0.15, -0.1) is 0 Å². The van der Waals surface area contributed by atoms with Crippen LogP contribution in [0.25, 0.3) is 0 Å². The summed E-state index contributed by atoms with van der Waals surface area (Å²) in [6.07, 6.45) is 0. The summed E-state index contributed by atoms with van der Waals surface area (Å²) in [6.45, 7) is 0. The summed E-state index contributed by atoms with van der Waals surface area (Å²) in [6, 6.07) is 12.9. The van der Waals surface area contributed by atoms with Gasteiger partial charge in [0, 0.05) is 16.1 Å². The monoisotopic (exact) mass is 305 g/mol. The number of rotatable bonds is 3. The second-order valence-electron chi connectivity index (χ2n) is 3.59. The zero-order valence-corrected chi connectivity index (χ0v) is 10.8. The quantitative estimate of drug-likeness (QED) is 0.494. The molecule has 0 saturated carbocycles. The standard InChI is InChI=1S/C13H8BrNO3/c14-10-7-4-8-11(15(17)18)12(10)13(16)9-5-2-1-3-6-9/h1-8H. The van der Waals surface area contributed by atoms with Crippen molar-refractivity contribution >= 4 is 27.4 Å². The number of hydrogen-bond donors (Lipinski definition) is 0. The number of nitro groups is 1. The van der Waals surface area contributed by atoms with Crippen LogP contribution < -0.4 is 0 Å².